The summed E-state index contributed by atoms with van der Waals surface area (Å²) in [6.07, 6.45) is 0. The molecule has 0 saturated carbocycles. The highest BCUT2D eigenvalue weighted by Crippen LogP contribution is 2.07. The quantitative estimate of drug-likeness (QED) is 0.673. The molecule has 0 aliphatic rings. The van der Waals surface area contributed by atoms with Gasteiger partial charge in [0.15, 0.2) is 0 Å². The third kappa shape index (κ3) is 3.63. The van der Waals surface area contributed by atoms with Gasteiger partial charge in [0.2, 0.25) is 0 Å². The van der Waals surface area contributed by atoms with E-state index >= 15 is 0 Å². The second kappa shape index (κ2) is 5.26. The Morgan fingerprint density at radius 3 is 2.47 bits per heavy atom. The molecule has 0 heterocycles. The Hall–Kier alpha value is -0.900. The molecule has 84 valence electrons. The normalized spacial score (nSPS) is 11.7. The molecule has 0 amide bonds. The minimum absolute atomic E-state index is 0.0741. The summed E-state index contributed by atoms with van der Waals surface area (Å²) >= 11 is 0. The standard InChI is InChI=1S/C12H19NO2/c1-10-4-3-5-11(6-10)7-13-12(2,8-14)9-15/h3-6,13-15H,7-9H2,1-2H3. The van der Waals surface area contributed by atoms with E-state index < -0.39 is 5.54 Å². The Balaban J connectivity index is 2.56. The number of hydrogen-bond acceptors (Lipinski definition) is 3. The lowest BCUT2D eigenvalue weighted by Gasteiger charge is -2.26. The molecular weight excluding hydrogens is 190 g/mol. The van der Waals surface area contributed by atoms with Crippen molar-refractivity contribution in [1.29, 1.82) is 0 Å². The zero-order chi connectivity index (χ0) is 11.3. The second-order valence-corrected chi connectivity index (χ2v) is 4.22. The summed E-state index contributed by atoms with van der Waals surface area (Å²) in [7, 11) is 0. The Kier molecular flexibility index (Phi) is 4.27. The van der Waals surface area contributed by atoms with Gasteiger partial charge in [-0.25, -0.2) is 0 Å². The smallest absolute Gasteiger partial charge is 0.0633 e. The van der Waals surface area contributed by atoms with E-state index in [1.54, 1.807) is 6.92 Å². The van der Waals surface area contributed by atoms with Gasteiger partial charge in [-0.3, -0.25) is 0 Å². The van der Waals surface area contributed by atoms with Crippen molar-refractivity contribution in [3.8, 4) is 0 Å². The van der Waals surface area contributed by atoms with E-state index in [1.807, 2.05) is 25.1 Å². The average molecular weight is 209 g/mol. The molecule has 0 fully saturated rings. The summed E-state index contributed by atoms with van der Waals surface area (Å²) < 4.78 is 0. The number of aliphatic hydroxyl groups is 2. The molecule has 1 aromatic rings. The van der Waals surface area contributed by atoms with Gasteiger partial charge in [0.05, 0.1) is 18.8 Å². The van der Waals surface area contributed by atoms with Crippen LogP contribution in [0.15, 0.2) is 24.3 Å². The molecule has 0 saturated heterocycles. The van der Waals surface area contributed by atoms with Crippen molar-refractivity contribution in [3.05, 3.63) is 35.4 Å². The van der Waals surface area contributed by atoms with E-state index in [4.69, 9.17) is 10.2 Å². The van der Waals surface area contributed by atoms with E-state index in [0.29, 0.717) is 6.54 Å². The molecule has 1 aromatic carbocycles. The van der Waals surface area contributed by atoms with Crippen molar-refractivity contribution in [1.82, 2.24) is 5.32 Å². The minimum atomic E-state index is -0.607. The van der Waals surface area contributed by atoms with Crippen LogP contribution in [-0.2, 0) is 6.54 Å². The summed E-state index contributed by atoms with van der Waals surface area (Å²) in [4.78, 5) is 0. The number of benzene rings is 1. The molecular formula is C12H19NO2. The molecule has 0 bridgehead atoms. The Morgan fingerprint density at radius 1 is 1.27 bits per heavy atom. The van der Waals surface area contributed by atoms with Crippen LogP contribution < -0.4 is 5.32 Å². The van der Waals surface area contributed by atoms with Gasteiger partial charge >= 0.3 is 0 Å². The predicted molar refractivity (Wildman–Crippen MR) is 60.6 cm³/mol. The Bertz CT molecular complexity index is 308. The van der Waals surface area contributed by atoms with Crippen molar-refractivity contribution in [2.75, 3.05) is 13.2 Å². The van der Waals surface area contributed by atoms with Crippen LogP contribution in [0.1, 0.15) is 18.1 Å². The van der Waals surface area contributed by atoms with Gasteiger partial charge in [0, 0.05) is 6.54 Å². The first-order chi connectivity index (χ1) is 7.09. The first kappa shape index (κ1) is 12.2. The average Bonchev–Trinajstić information content (AvgIpc) is 2.26. The molecule has 0 aliphatic carbocycles. The van der Waals surface area contributed by atoms with Crippen LogP contribution in [-0.4, -0.2) is 29.0 Å². The van der Waals surface area contributed by atoms with Crippen molar-refractivity contribution in [2.45, 2.75) is 25.9 Å². The first-order valence-corrected chi connectivity index (χ1v) is 5.12. The lowest BCUT2D eigenvalue weighted by molar-refractivity contribution is 0.103. The Morgan fingerprint density at radius 2 is 1.93 bits per heavy atom. The van der Waals surface area contributed by atoms with Crippen molar-refractivity contribution in [3.63, 3.8) is 0 Å². The molecule has 3 nitrogen and oxygen atoms in total. The van der Waals surface area contributed by atoms with E-state index in [-0.39, 0.29) is 13.2 Å². The topological polar surface area (TPSA) is 52.5 Å². The third-order valence-electron chi connectivity index (χ3n) is 2.50. The van der Waals surface area contributed by atoms with Crippen LogP contribution in [0.4, 0.5) is 0 Å². The molecule has 0 radical (unpaired) electrons. The monoisotopic (exact) mass is 209 g/mol. The van der Waals surface area contributed by atoms with E-state index in [1.165, 1.54) is 5.56 Å². The Labute approximate surface area is 90.8 Å². The van der Waals surface area contributed by atoms with Gasteiger partial charge in [0.1, 0.15) is 0 Å². The van der Waals surface area contributed by atoms with Gasteiger partial charge in [-0.2, -0.15) is 0 Å². The van der Waals surface area contributed by atoms with Crippen LogP contribution in [0, 0.1) is 6.92 Å². The van der Waals surface area contributed by atoms with Crippen molar-refractivity contribution < 1.29 is 10.2 Å². The van der Waals surface area contributed by atoms with E-state index in [0.717, 1.165) is 5.56 Å². The molecule has 0 unspecified atom stereocenters. The maximum Gasteiger partial charge on any atom is 0.0633 e. The highest BCUT2D eigenvalue weighted by molar-refractivity contribution is 5.22. The van der Waals surface area contributed by atoms with Crippen LogP contribution in [0.3, 0.4) is 0 Å². The maximum atomic E-state index is 9.10. The van der Waals surface area contributed by atoms with Crippen molar-refractivity contribution >= 4 is 0 Å². The number of hydrogen-bond donors (Lipinski definition) is 3. The molecule has 0 aromatic heterocycles. The molecule has 3 heteroatoms. The first-order valence-electron chi connectivity index (χ1n) is 5.12. The molecule has 0 spiro atoms. The van der Waals surface area contributed by atoms with Gasteiger partial charge < -0.3 is 15.5 Å². The minimum Gasteiger partial charge on any atom is -0.394 e. The summed E-state index contributed by atoms with van der Waals surface area (Å²) in [5.41, 5.74) is 1.76. The van der Waals surface area contributed by atoms with Gasteiger partial charge in [0.25, 0.3) is 0 Å². The number of aryl methyl sites for hydroxylation is 1. The lowest BCUT2D eigenvalue weighted by Crippen LogP contribution is -2.48. The van der Waals surface area contributed by atoms with Gasteiger partial charge in [-0.05, 0) is 19.4 Å². The number of rotatable bonds is 5. The molecule has 3 N–H and O–H groups in total. The second-order valence-electron chi connectivity index (χ2n) is 4.22. The summed E-state index contributed by atoms with van der Waals surface area (Å²) in [5.74, 6) is 0. The summed E-state index contributed by atoms with van der Waals surface area (Å²) in [6.45, 7) is 4.34. The summed E-state index contributed by atoms with van der Waals surface area (Å²) in [5, 5.41) is 21.3. The van der Waals surface area contributed by atoms with E-state index in [2.05, 4.69) is 11.4 Å². The molecule has 0 aliphatic heterocycles. The fourth-order valence-electron chi connectivity index (χ4n) is 1.30. The predicted octanol–water partition coefficient (Wildman–Crippen LogP) is 0.828. The fourth-order valence-corrected chi connectivity index (χ4v) is 1.30. The third-order valence-corrected chi connectivity index (χ3v) is 2.50. The van der Waals surface area contributed by atoms with Crippen LogP contribution >= 0.6 is 0 Å². The molecule has 1 rings (SSSR count). The van der Waals surface area contributed by atoms with Crippen LogP contribution in [0.2, 0.25) is 0 Å². The van der Waals surface area contributed by atoms with Crippen LogP contribution in [0.25, 0.3) is 0 Å². The zero-order valence-corrected chi connectivity index (χ0v) is 9.33. The SMILES string of the molecule is Cc1cccc(CNC(C)(CO)CO)c1. The van der Waals surface area contributed by atoms with Crippen LogP contribution in [0.5, 0.6) is 0 Å². The van der Waals surface area contributed by atoms with E-state index in [9.17, 15) is 0 Å². The summed E-state index contributed by atoms with van der Waals surface area (Å²) in [6, 6.07) is 8.15. The highest BCUT2D eigenvalue weighted by Gasteiger charge is 2.20. The van der Waals surface area contributed by atoms with Gasteiger partial charge in [-0.15, -0.1) is 0 Å². The zero-order valence-electron chi connectivity index (χ0n) is 9.33. The highest BCUT2D eigenvalue weighted by atomic mass is 16.3. The lowest BCUT2D eigenvalue weighted by atomic mass is 10.0. The molecule has 15 heavy (non-hydrogen) atoms. The number of nitrogens with one attached hydrogen (secondary N) is 1. The molecule has 0 atom stereocenters. The fraction of sp³-hybridized carbons (Fsp3) is 0.500. The maximum absolute atomic E-state index is 9.10. The van der Waals surface area contributed by atoms with Gasteiger partial charge in [-0.1, -0.05) is 29.8 Å². The number of aliphatic hydroxyl groups excluding tert-OH is 2. The van der Waals surface area contributed by atoms with Crippen molar-refractivity contribution in [2.24, 2.45) is 0 Å². The largest absolute Gasteiger partial charge is 0.394 e.